The van der Waals surface area contributed by atoms with Crippen molar-refractivity contribution < 1.29 is 9.53 Å². The van der Waals surface area contributed by atoms with Crippen molar-refractivity contribution in [2.24, 2.45) is 0 Å². The molecule has 1 amide bonds. The molecule has 120 valence electrons. The topological polar surface area (TPSA) is 44.8 Å². The first-order chi connectivity index (χ1) is 10.7. The average Bonchev–Trinajstić information content (AvgIpc) is 2.56. The van der Waals surface area contributed by atoms with E-state index in [2.05, 4.69) is 16.3 Å². The lowest BCUT2D eigenvalue weighted by molar-refractivity contribution is -0.138. The van der Waals surface area contributed by atoms with E-state index in [1.165, 1.54) is 5.56 Å². The number of benzene rings is 1. The summed E-state index contributed by atoms with van der Waals surface area (Å²) in [5, 5.41) is 4.00. The molecule has 1 aromatic rings. The third-order valence-electron chi connectivity index (χ3n) is 4.20. The molecule has 2 fully saturated rings. The van der Waals surface area contributed by atoms with Crippen LogP contribution in [-0.2, 0) is 16.1 Å². The van der Waals surface area contributed by atoms with E-state index in [0.29, 0.717) is 13.2 Å². The minimum Gasteiger partial charge on any atom is -0.378 e. The molecule has 5 nitrogen and oxygen atoms in total. The monoisotopic (exact) mass is 323 g/mol. The first kappa shape index (κ1) is 15.7. The molecule has 1 aromatic carbocycles. The van der Waals surface area contributed by atoms with Gasteiger partial charge in [0.25, 0.3) is 0 Å². The van der Waals surface area contributed by atoms with E-state index in [4.69, 9.17) is 16.3 Å². The Hall–Kier alpha value is -1.14. The Labute approximate surface area is 136 Å². The van der Waals surface area contributed by atoms with Crippen LogP contribution < -0.4 is 5.32 Å². The van der Waals surface area contributed by atoms with Crippen molar-refractivity contribution in [2.75, 3.05) is 45.9 Å². The molecule has 6 heteroatoms. The summed E-state index contributed by atoms with van der Waals surface area (Å²) in [4.78, 5) is 16.7. The van der Waals surface area contributed by atoms with E-state index >= 15 is 0 Å². The number of nitrogens with zero attached hydrogens (tertiary/aromatic N) is 2. The highest BCUT2D eigenvalue weighted by Gasteiger charge is 2.28. The van der Waals surface area contributed by atoms with Crippen molar-refractivity contribution in [1.29, 1.82) is 0 Å². The van der Waals surface area contributed by atoms with E-state index in [-0.39, 0.29) is 11.9 Å². The van der Waals surface area contributed by atoms with Crippen molar-refractivity contribution >= 4 is 17.5 Å². The maximum Gasteiger partial charge on any atom is 0.242 e. The van der Waals surface area contributed by atoms with E-state index in [1.807, 2.05) is 23.1 Å². The summed E-state index contributed by atoms with van der Waals surface area (Å²) in [5.74, 6) is 0.169. The van der Waals surface area contributed by atoms with Crippen LogP contribution in [0.25, 0.3) is 0 Å². The molecular weight excluding hydrogens is 302 g/mol. The summed E-state index contributed by atoms with van der Waals surface area (Å²) in [6.07, 6.45) is 0. The van der Waals surface area contributed by atoms with Gasteiger partial charge in [-0.2, -0.15) is 0 Å². The van der Waals surface area contributed by atoms with Gasteiger partial charge in [-0.25, -0.2) is 0 Å². The fraction of sp³-hybridized carbons (Fsp3) is 0.562. The van der Waals surface area contributed by atoms with Crippen LogP contribution in [0.15, 0.2) is 24.3 Å². The molecule has 22 heavy (non-hydrogen) atoms. The molecule has 2 aliphatic heterocycles. The van der Waals surface area contributed by atoms with Gasteiger partial charge in [-0.3, -0.25) is 9.69 Å². The second-order valence-corrected chi connectivity index (χ2v) is 6.25. The molecule has 2 aliphatic rings. The highest BCUT2D eigenvalue weighted by Crippen LogP contribution is 2.14. The maximum atomic E-state index is 12.4. The predicted molar refractivity (Wildman–Crippen MR) is 85.9 cm³/mol. The number of amides is 1. The number of ether oxygens (including phenoxy) is 1. The standard InChI is InChI=1S/C16H22ClN3O2/c17-14-3-1-2-13(10-14)11-19-5-7-20(8-6-19)16(21)15-12-22-9-4-18-15/h1-3,10,15,18H,4-9,11-12H2. The second-order valence-electron chi connectivity index (χ2n) is 5.81. The molecule has 0 aliphatic carbocycles. The van der Waals surface area contributed by atoms with Crippen LogP contribution >= 0.6 is 11.6 Å². The Morgan fingerprint density at radius 3 is 2.82 bits per heavy atom. The lowest BCUT2D eigenvalue weighted by Crippen LogP contribution is -2.57. The van der Waals surface area contributed by atoms with E-state index in [1.54, 1.807) is 0 Å². The van der Waals surface area contributed by atoms with Crippen molar-refractivity contribution in [3.8, 4) is 0 Å². The summed E-state index contributed by atoms with van der Waals surface area (Å²) in [6.45, 7) is 6.16. The highest BCUT2D eigenvalue weighted by molar-refractivity contribution is 6.30. The van der Waals surface area contributed by atoms with Gasteiger partial charge in [-0.15, -0.1) is 0 Å². The molecule has 0 bridgehead atoms. The van der Waals surface area contributed by atoms with Gasteiger partial charge < -0.3 is 15.0 Å². The molecule has 0 saturated carbocycles. The fourth-order valence-corrected chi connectivity index (χ4v) is 3.18. The summed E-state index contributed by atoms with van der Waals surface area (Å²) >= 11 is 6.02. The zero-order valence-electron chi connectivity index (χ0n) is 12.6. The zero-order chi connectivity index (χ0) is 15.4. The number of halogens is 1. The third kappa shape index (κ3) is 3.98. The zero-order valence-corrected chi connectivity index (χ0v) is 13.4. The van der Waals surface area contributed by atoms with Crippen LogP contribution in [0.3, 0.4) is 0 Å². The average molecular weight is 324 g/mol. The number of hydrogen-bond acceptors (Lipinski definition) is 4. The normalized spacial score (nSPS) is 23.5. The largest absolute Gasteiger partial charge is 0.378 e. The molecule has 3 rings (SSSR count). The lowest BCUT2D eigenvalue weighted by atomic mass is 10.1. The van der Waals surface area contributed by atoms with Crippen molar-refractivity contribution in [3.63, 3.8) is 0 Å². The van der Waals surface area contributed by atoms with Crippen LogP contribution in [0.2, 0.25) is 5.02 Å². The van der Waals surface area contributed by atoms with Crippen molar-refractivity contribution in [1.82, 2.24) is 15.1 Å². The van der Waals surface area contributed by atoms with Gasteiger partial charge in [0.05, 0.1) is 13.2 Å². The number of piperazine rings is 1. The number of nitrogens with one attached hydrogen (secondary N) is 1. The quantitative estimate of drug-likeness (QED) is 0.900. The molecule has 0 spiro atoms. The molecule has 1 N–H and O–H groups in total. The predicted octanol–water partition coefficient (Wildman–Crippen LogP) is 0.973. The Kier molecular flexibility index (Phi) is 5.31. The Balaban J connectivity index is 1.48. The SMILES string of the molecule is O=C(C1COCCN1)N1CCN(Cc2cccc(Cl)c2)CC1. The second kappa shape index (κ2) is 7.42. The maximum absolute atomic E-state index is 12.4. The van der Waals surface area contributed by atoms with Crippen LogP contribution in [-0.4, -0.2) is 67.7 Å². The Bertz CT molecular complexity index is 512. The summed E-state index contributed by atoms with van der Waals surface area (Å²) < 4.78 is 5.37. The van der Waals surface area contributed by atoms with Gasteiger partial charge in [-0.1, -0.05) is 23.7 Å². The molecule has 2 heterocycles. The number of morpholine rings is 1. The van der Waals surface area contributed by atoms with Crippen molar-refractivity contribution in [3.05, 3.63) is 34.9 Å². The number of rotatable bonds is 3. The summed E-state index contributed by atoms with van der Waals surface area (Å²) in [5.41, 5.74) is 1.22. The molecule has 1 unspecified atom stereocenters. The van der Waals surface area contributed by atoms with E-state index < -0.39 is 0 Å². The first-order valence-corrected chi connectivity index (χ1v) is 8.17. The third-order valence-corrected chi connectivity index (χ3v) is 4.43. The number of carbonyl (C=O) groups is 1. The van der Waals surface area contributed by atoms with E-state index in [0.717, 1.165) is 44.3 Å². The van der Waals surface area contributed by atoms with Gasteiger partial charge in [0, 0.05) is 44.3 Å². The molecule has 0 radical (unpaired) electrons. The van der Waals surface area contributed by atoms with Gasteiger partial charge >= 0.3 is 0 Å². The van der Waals surface area contributed by atoms with Crippen LogP contribution in [0.1, 0.15) is 5.56 Å². The van der Waals surface area contributed by atoms with Gasteiger partial charge in [0.15, 0.2) is 0 Å². The highest BCUT2D eigenvalue weighted by atomic mass is 35.5. The smallest absolute Gasteiger partial charge is 0.242 e. The lowest BCUT2D eigenvalue weighted by Gasteiger charge is -2.37. The number of hydrogen-bond donors (Lipinski definition) is 1. The first-order valence-electron chi connectivity index (χ1n) is 7.79. The molecular formula is C16H22ClN3O2. The fourth-order valence-electron chi connectivity index (χ4n) is 2.96. The Morgan fingerprint density at radius 1 is 1.32 bits per heavy atom. The van der Waals surface area contributed by atoms with Gasteiger partial charge in [0.1, 0.15) is 6.04 Å². The number of carbonyl (C=O) groups excluding carboxylic acids is 1. The van der Waals surface area contributed by atoms with E-state index in [9.17, 15) is 4.79 Å². The Morgan fingerprint density at radius 2 is 2.14 bits per heavy atom. The van der Waals surface area contributed by atoms with Crippen LogP contribution in [0.5, 0.6) is 0 Å². The van der Waals surface area contributed by atoms with Crippen LogP contribution in [0.4, 0.5) is 0 Å². The minimum atomic E-state index is -0.173. The molecule has 2 saturated heterocycles. The summed E-state index contributed by atoms with van der Waals surface area (Å²) in [7, 11) is 0. The summed E-state index contributed by atoms with van der Waals surface area (Å²) in [6, 6.07) is 7.79. The van der Waals surface area contributed by atoms with Crippen molar-refractivity contribution in [2.45, 2.75) is 12.6 Å². The van der Waals surface area contributed by atoms with Gasteiger partial charge in [-0.05, 0) is 17.7 Å². The van der Waals surface area contributed by atoms with Crippen LogP contribution in [0, 0.1) is 0 Å². The molecule has 0 aromatic heterocycles. The molecule has 1 atom stereocenters. The minimum absolute atomic E-state index is 0.169. The van der Waals surface area contributed by atoms with Gasteiger partial charge in [0.2, 0.25) is 5.91 Å².